The molecule has 0 spiro atoms. The highest BCUT2D eigenvalue weighted by Gasteiger charge is 2.16. The fourth-order valence-corrected chi connectivity index (χ4v) is 3.47. The van der Waals surface area contributed by atoms with E-state index in [1.54, 1.807) is 26.0 Å². The molecule has 0 radical (unpaired) electrons. The number of benzene rings is 3. The lowest BCUT2D eigenvalue weighted by Gasteiger charge is -2.18. The van der Waals surface area contributed by atoms with Gasteiger partial charge in [-0.3, -0.25) is 0 Å². The van der Waals surface area contributed by atoms with Crippen LogP contribution in [0.5, 0.6) is 17.2 Å². The molecule has 3 aromatic carbocycles. The summed E-state index contributed by atoms with van der Waals surface area (Å²) in [7, 11) is 0. The number of aromatic nitrogens is 1. The standard InChI is InChI=1S/C28H28FNO4/c1-19-26(17-32-22-10-7-11-23(15-22)34-18-28(2,3)31)30-25-13-12-21(29)14-24(25)27(19)33-16-20-8-5-4-6-9-20/h4-15,31H,16-18H2,1-3H3. The quantitative estimate of drug-likeness (QED) is 0.332. The molecule has 0 saturated heterocycles. The second kappa shape index (κ2) is 10.1. The van der Waals surface area contributed by atoms with Gasteiger partial charge in [0.25, 0.3) is 0 Å². The van der Waals surface area contributed by atoms with Crippen LogP contribution in [0.2, 0.25) is 0 Å². The second-order valence-corrected chi connectivity index (χ2v) is 8.81. The molecule has 1 heterocycles. The molecule has 0 amide bonds. The first-order valence-corrected chi connectivity index (χ1v) is 11.1. The zero-order valence-electron chi connectivity index (χ0n) is 19.5. The van der Waals surface area contributed by atoms with Crippen LogP contribution in [0.3, 0.4) is 0 Å². The van der Waals surface area contributed by atoms with E-state index < -0.39 is 5.60 Å². The van der Waals surface area contributed by atoms with E-state index in [4.69, 9.17) is 19.2 Å². The lowest BCUT2D eigenvalue weighted by atomic mass is 10.1. The number of rotatable bonds is 9. The lowest BCUT2D eigenvalue weighted by molar-refractivity contribution is 0.0284. The van der Waals surface area contributed by atoms with Crippen LogP contribution in [0.1, 0.15) is 30.7 Å². The van der Waals surface area contributed by atoms with E-state index in [2.05, 4.69) is 0 Å². The molecule has 4 aromatic rings. The predicted octanol–water partition coefficient (Wildman–Crippen LogP) is 5.99. The number of hydrogen-bond donors (Lipinski definition) is 1. The molecular weight excluding hydrogens is 433 g/mol. The average molecular weight is 462 g/mol. The highest BCUT2D eigenvalue weighted by molar-refractivity contribution is 5.86. The molecule has 0 aliphatic rings. The number of ether oxygens (including phenoxy) is 3. The van der Waals surface area contributed by atoms with Crippen LogP contribution >= 0.6 is 0 Å². The van der Waals surface area contributed by atoms with E-state index in [0.717, 1.165) is 11.1 Å². The van der Waals surface area contributed by atoms with Crippen molar-refractivity contribution < 1.29 is 23.7 Å². The van der Waals surface area contributed by atoms with Crippen molar-refractivity contribution in [2.24, 2.45) is 0 Å². The summed E-state index contributed by atoms with van der Waals surface area (Å²) in [4.78, 5) is 4.70. The van der Waals surface area contributed by atoms with E-state index in [0.29, 0.717) is 40.5 Å². The van der Waals surface area contributed by atoms with Gasteiger partial charge in [-0.05, 0) is 56.7 Å². The van der Waals surface area contributed by atoms with Crippen molar-refractivity contribution in [3.05, 3.63) is 95.4 Å². The summed E-state index contributed by atoms with van der Waals surface area (Å²) >= 11 is 0. The van der Waals surface area contributed by atoms with E-state index in [1.165, 1.54) is 12.1 Å². The Kier molecular flexibility index (Phi) is 6.98. The van der Waals surface area contributed by atoms with Gasteiger partial charge in [-0.1, -0.05) is 36.4 Å². The maximum Gasteiger partial charge on any atom is 0.134 e. The van der Waals surface area contributed by atoms with Gasteiger partial charge in [0.2, 0.25) is 0 Å². The highest BCUT2D eigenvalue weighted by Crippen LogP contribution is 2.32. The minimum absolute atomic E-state index is 0.167. The first-order chi connectivity index (χ1) is 16.3. The third-order valence-electron chi connectivity index (χ3n) is 5.23. The molecule has 5 nitrogen and oxygen atoms in total. The number of fused-ring (bicyclic) bond motifs is 1. The third-order valence-corrected chi connectivity index (χ3v) is 5.23. The Bertz CT molecular complexity index is 1270. The maximum atomic E-state index is 14.0. The van der Waals surface area contributed by atoms with Gasteiger partial charge in [-0.25, -0.2) is 9.37 Å². The van der Waals surface area contributed by atoms with Gasteiger partial charge in [-0.2, -0.15) is 0 Å². The summed E-state index contributed by atoms with van der Waals surface area (Å²) < 4.78 is 31.8. The van der Waals surface area contributed by atoms with E-state index >= 15 is 0 Å². The van der Waals surface area contributed by atoms with E-state index in [1.807, 2.05) is 55.5 Å². The van der Waals surface area contributed by atoms with Gasteiger partial charge < -0.3 is 19.3 Å². The molecule has 176 valence electrons. The van der Waals surface area contributed by atoms with Crippen LogP contribution < -0.4 is 14.2 Å². The van der Waals surface area contributed by atoms with Crippen molar-refractivity contribution in [3.63, 3.8) is 0 Å². The minimum atomic E-state index is -0.932. The first-order valence-electron chi connectivity index (χ1n) is 11.1. The van der Waals surface area contributed by atoms with Crippen molar-refractivity contribution in [2.75, 3.05) is 6.61 Å². The van der Waals surface area contributed by atoms with Crippen LogP contribution in [0, 0.1) is 12.7 Å². The summed E-state index contributed by atoms with van der Waals surface area (Å²) in [5, 5.41) is 10.5. The SMILES string of the molecule is Cc1c(COc2cccc(OCC(C)(C)O)c2)nc2ccc(F)cc2c1OCc1ccccc1. The first kappa shape index (κ1) is 23.5. The molecule has 0 aliphatic heterocycles. The van der Waals surface area contributed by atoms with E-state index in [9.17, 15) is 9.50 Å². The Labute approximate surface area is 198 Å². The van der Waals surface area contributed by atoms with Gasteiger partial charge in [0, 0.05) is 17.0 Å². The number of aliphatic hydroxyl groups is 1. The molecule has 0 bridgehead atoms. The second-order valence-electron chi connectivity index (χ2n) is 8.81. The zero-order valence-corrected chi connectivity index (χ0v) is 19.5. The summed E-state index contributed by atoms with van der Waals surface area (Å²) in [6.45, 7) is 6.00. The average Bonchev–Trinajstić information content (AvgIpc) is 2.82. The highest BCUT2D eigenvalue weighted by atomic mass is 19.1. The fraction of sp³-hybridized carbons (Fsp3) is 0.250. The Morgan fingerprint density at radius 1 is 0.853 bits per heavy atom. The van der Waals surface area contributed by atoms with Crippen LogP contribution in [0.4, 0.5) is 4.39 Å². The van der Waals surface area contributed by atoms with Gasteiger partial charge in [0.1, 0.15) is 42.9 Å². The van der Waals surface area contributed by atoms with Gasteiger partial charge in [0.15, 0.2) is 0 Å². The molecule has 6 heteroatoms. The van der Waals surface area contributed by atoms with Gasteiger partial charge >= 0.3 is 0 Å². The zero-order chi connectivity index (χ0) is 24.1. The van der Waals surface area contributed by atoms with E-state index in [-0.39, 0.29) is 19.0 Å². The minimum Gasteiger partial charge on any atom is -0.490 e. The molecule has 1 N–H and O–H groups in total. The molecule has 0 fully saturated rings. The fourth-order valence-electron chi connectivity index (χ4n) is 3.47. The molecule has 0 atom stereocenters. The number of pyridine rings is 1. The molecule has 0 saturated carbocycles. The Morgan fingerprint density at radius 3 is 2.32 bits per heavy atom. The Balaban J connectivity index is 1.57. The van der Waals surface area contributed by atoms with Crippen molar-refractivity contribution >= 4 is 10.9 Å². The molecule has 0 aliphatic carbocycles. The van der Waals surface area contributed by atoms with Crippen LogP contribution in [-0.2, 0) is 13.2 Å². The molecule has 1 aromatic heterocycles. The number of nitrogens with zero attached hydrogens (tertiary/aromatic N) is 1. The van der Waals surface area contributed by atoms with Crippen LogP contribution in [-0.4, -0.2) is 22.3 Å². The van der Waals surface area contributed by atoms with Gasteiger partial charge in [0.05, 0.1) is 16.8 Å². The summed E-state index contributed by atoms with van der Waals surface area (Å²) in [6, 6.07) is 21.5. The number of hydrogen-bond acceptors (Lipinski definition) is 5. The Hall–Kier alpha value is -3.64. The molecule has 34 heavy (non-hydrogen) atoms. The molecular formula is C28H28FNO4. The van der Waals surface area contributed by atoms with Crippen LogP contribution in [0.15, 0.2) is 72.8 Å². The largest absolute Gasteiger partial charge is 0.490 e. The predicted molar refractivity (Wildman–Crippen MR) is 130 cm³/mol. The van der Waals surface area contributed by atoms with Crippen molar-refractivity contribution in [1.29, 1.82) is 0 Å². The summed E-state index contributed by atoms with van der Waals surface area (Å²) in [5.41, 5.74) is 2.21. The normalized spacial score (nSPS) is 11.4. The maximum absolute atomic E-state index is 14.0. The summed E-state index contributed by atoms with van der Waals surface area (Å²) in [5.74, 6) is 1.46. The Morgan fingerprint density at radius 2 is 1.59 bits per heavy atom. The van der Waals surface area contributed by atoms with Crippen molar-refractivity contribution in [1.82, 2.24) is 4.98 Å². The summed E-state index contributed by atoms with van der Waals surface area (Å²) in [6.07, 6.45) is 0. The van der Waals surface area contributed by atoms with Crippen LogP contribution in [0.25, 0.3) is 10.9 Å². The monoisotopic (exact) mass is 461 g/mol. The van der Waals surface area contributed by atoms with Crippen molar-refractivity contribution in [2.45, 2.75) is 39.6 Å². The number of halogens is 1. The molecule has 4 rings (SSSR count). The van der Waals surface area contributed by atoms with Gasteiger partial charge in [-0.15, -0.1) is 0 Å². The smallest absolute Gasteiger partial charge is 0.134 e. The molecule has 0 unspecified atom stereocenters. The third kappa shape index (κ3) is 6.02. The van der Waals surface area contributed by atoms with Crippen molar-refractivity contribution in [3.8, 4) is 17.2 Å². The topological polar surface area (TPSA) is 60.8 Å². The lowest BCUT2D eigenvalue weighted by Crippen LogP contribution is -2.27.